The number of aromatic amines is 2. The number of esters is 1. The van der Waals surface area contributed by atoms with E-state index < -0.39 is 18.2 Å². The Kier molecular flexibility index (Phi) is 12.3. The van der Waals surface area contributed by atoms with E-state index in [4.69, 9.17) is 14.2 Å². The highest BCUT2D eigenvalue weighted by Crippen LogP contribution is 2.40. The van der Waals surface area contributed by atoms with Crippen LogP contribution in [0.15, 0.2) is 83.7 Å². The van der Waals surface area contributed by atoms with E-state index in [2.05, 4.69) is 55.0 Å². The van der Waals surface area contributed by atoms with Crippen molar-refractivity contribution in [3.8, 4) is 11.5 Å². The molecule has 8 rings (SSSR count). The molecule has 14 nitrogen and oxygen atoms in total. The Morgan fingerprint density at radius 3 is 2.73 bits per heavy atom. The number of alkyl carbamates (subject to hydrolysis) is 1. The van der Waals surface area contributed by atoms with Crippen LogP contribution >= 0.6 is 0 Å². The molecular weight excluding hydrogens is 716 g/mol. The third kappa shape index (κ3) is 9.21. The minimum absolute atomic E-state index is 0.0601. The summed E-state index contributed by atoms with van der Waals surface area (Å²) in [5.74, 6) is 0.676. The summed E-state index contributed by atoms with van der Waals surface area (Å²) in [5, 5.41) is 34.5. The number of rotatable bonds is 16. The Balaban J connectivity index is 0.804. The molecule has 294 valence electrons. The molecule has 3 saturated heterocycles. The average molecular weight is 765 g/mol. The molecule has 2 aromatic heterocycles. The molecule has 3 unspecified atom stereocenters. The Morgan fingerprint density at radius 1 is 1.04 bits per heavy atom. The van der Waals surface area contributed by atoms with Gasteiger partial charge in [-0.25, -0.2) is 9.59 Å². The molecule has 3 aliphatic heterocycles. The number of nitrogens with one attached hydrogen (secondary N) is 4. The van der Waals surface area contributed by atoms with E-state index in [1.165, 1.54) is 17.7 Å². The number of phenolic OH excluding ortho intramolecular Hbond substituents is 1. The van der Waals surface area contributed by atoms with Crippen LogP contribution < -0.4 is 20.9 Å². The highest BCUT2D eigenvalue weighted by atomic mass is 16.6. The Hall–Kier alpha value is -5.70. The van der Waals surface area contributed by atoms with Gasteiger partial charge in [-0.2, -0.15) is 5.10 Å². The lowest BCUT2D eigenvalue weighted by molar-refractivity contribution is -0.0459. The predicted octanol–water partition coefficient (Wildman–Crippen LogP) is 4.82. The van der Waals surface area contributed by atoms with Crippen LogP contribution in [0.5, 0.6) is 11.5 Å². The standard InChI is InChI=1S/C42H48N6O8/c1-26-34(46-47-39(26)41(52)54-19-6-5-17-43-22-36(50)30-12-14-35(49)40-32(30)13-15-38(51)45-40)25-55-29-11-7-8-27(20-29)21-44-42(53)56-37-24-48-18-16-31(37)33(23-48)28-9-3-2-4-10-28/h2-4,7-15,20,31,33,36-37,43,49-50H,5-6,16-19,21-25H2,1H3,(H,44,53)(H,45,51)(H,46,47)/t31?,33?,36-,37-/m0/s1. The molecule has 14 heteroatoms. The van der Waals surface area contributed by atoms with Gasteiger partial charge in [0, 0.05) is 55.0 Å². The molecule has 56 heavy (non-hydrogen) atoms. The molecule has 3 aromatic carbocycles. The largest absolute Gasteiger partial charge is 0.506 e. The van der Waals surface area contributed by atoms with Gasteiger partial charge in [0.25, 0.3) is 0 Å². The molecule has 5 atom stereocenters. The maximum Gasteiger partial charge on any atom is 0.407 e. The minimum Gasteiger partial charge on any atom is -0.506 e. The summed E-state index contributed by atoms with van der Waals surface area (Å²) in [4.78, 5) is 42.3. The molecule has 2 bridgehead atoms. The van der Waals surface area contributed by atoms with Gasteiger partial charge in [0.1, 0.15) is 24.2 Å². The number of unbranched alkanes of at least 4 members (excludes halogenated alkanes) is 1. The van der Waals surface area contributed by atoms with Crippen molar-refractivity contribution in [3.05, 3.63) is 123 Å². The number of fused-ring (bicyclic) bond motifs is 4. The number of piperidine rings is 3. The van der Waals surface area contributed by atoms with E-state index in [0.29, 0.717) is 59.2 Å². The number of aromatic nitrogens is 3. The number of nitrogens with zero attached hydrogens (tertiary/aromatic N) is 2. The molecule has 5 aromatic rings. The molecular formula is C42H48N6O8. The number of phenols is 1. The van der Waals surface area contributed by atoms with E-state index in [9.17, 15) is 24.6 Å². The van der Waals surface area contributed by atoms with Crippen LogP contribution in [0.25, 0.3) is 10.9 Å². The van der Waals surface area contributed by atoms with Gasteiger partial charge in [0.05, 0.1) is 23.9 Å². The van der Waals surface area contributed by atoms with Crippen LogP contribution in [0.3, 0.4) is 0 Å². The van der Waals surface area contributed by atoms with Crippen LogP contribution in [0.4, 0.5) is 4.79 Å². The summed E-state index contributed by atoms with van der Waals surface area (Å²) in [6, 6.07) is 23.9. The van der Waals surface area contributed by atoms with Gasteiger partial charge in [0.15, 0.2) is 5.69 Å². The van der Waals surface area contributed by atoms with E-state index >= 15 is 0 Å². The van der Waals surface area contributed by atoms with Crippen LogP contribution in [0.2, 0.25) is 0 Å². The second-order valence-corrected chi connectivity index (χ2v) is 14.5. The van der Waals surface area contributed by atoms with Crippen molar-refractivity contribution < 1.29 is 34.0 Å². The number of hydrogen-bond acceptors (Lipinski definition) is 11. The van der Waals surface area contributed by atoms with Gasteiger partial charge in [-0.15, -0.1) is 0 Å². The van der Waals surface area contributed by atoms with E-state index in [1.54, 1.807) is 19.1 Å². The summed E-state index contributed by atoms with van der Waals surface area (Å²) in [7, 11) is 0. The average Bonchev–Trinajstić information content (AvgIpc) is 3.59. The highest BCUT2D eigenvalue weighted by molar-refractivity contribution is 5.89. The molecule has 0 aliphatic carbocycles. The Labute approximate surface area is 324 Å². The number of benzene rings is 3. The van der Waals surface area contributed by atoms with E-state index in [-0.39, 0.29) is 54.9 Å². The fourth-order valence-corrected chi connectivity index (χ4v) is 7.73. The van der Waals surface area contributed by atoms with E-state index in [0.717, 1.165) is 31.6 Å². The summed E-state index contributed by atoms with van der Waals surface area (Å²) in [6.45, 7) is 6.08. The quantitative estimate of drug-likeness (QED) is 0.0597. The number of H-pyrrole nitrogens is 2. The van der Waals surface area contributed by atoms with Crippen molar-refractivity contribution in [1.29, 1.82) is 0 Å². The first kappa shape index (κ1) is 38.6. The first-order chi connectivity index (χ1) is 27.2. The van der Waals surface area contributed by atoms with Crippen molar-refractivity contribution in [2.45, 2.75) is 57.5 Å². The Morgan fingerprint density at radius 2 is 1.89 bits per heavy atom. The van der Waals surface area contributed by atoms with Gasteiger partial charge in [-0.3, -0.25) is 14.8 Å². The number of pyridine rings is 1. The lowest BCUT2D eigenvalue weighted by atomic mass is 9.74. The number of hydrogen-bond donors (Lipinski definition) is 6. The van der Waals surface area contributed by atoms with Crippen LogP contribution in [0.1, 0.15) is 69.7 Å². The molecule has 3 aliphatic rings. The molecule has 5 heterocycles. The maximum absolute atomic E-state index is 12.9. The molecule has 3 fully saturated rings. The smallest absolute Gasteiger partial charge is 0.407 e. The Bertz CT molecular complexity index is 2190. The van der Waals surface area contributed by atoms with Crippen LogP contribution in [0, 0.1) is 12.8 Å². The van der Waals surface area contributed by atoms with E-state index in [1.807, 2.05) is 30.3 Å². The minimum atomic E-state index is -0.853. The molecule has 1 amide bonds. The number of ether oxygens (including phenoxy) is 3. The summed E-state index contributed by atoms with van der Waals surface area (Å²) in [5.41, 5.74) is 4.17. The zero-order valence-electron chi connectivity index (χ0n) is 31.3. The van der Waals surface area contributed by atoms with Gasteiger partial charge in [0.2, 0.25) is 5.56 Å². The number of carbonyl (C=O) groups is 2. The van der Waals surface area contributed by atoms with Crippen LogP contribution in [-0.2, 0) is 22.6 Å². The van der Waals surface area contributed by atoms with Crippen LogP contribution in [-0.4, -0.2) is 87.8 Å². The van der Waals surface area contributed by atoms with Crippen molar-refractivity contribution >= 4 is 23.0 Å². The zero-order chi connectivity index (χ0) is 39.0. The summed E-state index contributed by atoms with van der Waals surface area (Å²) >= 11 is 0. The van der Waals surface area contributed by atoms with Gasteiger partial charge in [-0.1, -0.05) is 48.5 Å². The lowest BCUT2D eigenvalue weighted by Gasteiger charge is -2.49. The number of amides is 1. The molecule has 0 radical (unpaired) electrons. The van der Waals surface area contributed by atoms with Gasteiger partial charge < -0.3 is 40.0 Å². The van der Waals surface area contributed by atoms with Gasteiger partial charge >= 0.3 is 12.1 Å². The second-order valence-electron chi connectivity index (χ2n) is 14.5. The first-order valence-electron chi connectivity index (χ1n) is 19.1. The normalized spacial score (nSPS) is 19.4. The highest BCUT2D eigenvalue weighted by Gasteiger charge is 2.43. The zero-order valence-corrected chi connectivity index (χ0v) is 31.3. The molecule has 6 N–H and O–H groups in total. The summed E-state index contributed by atoms with van der Waals surface area (Å²) in [6.07, 6.45) is 0.888. The topological polar surface area (TPSA) is 191 Å². The van der Waals surface area contributed by atoms with Crippen molar-refractivity contribution in [1.82, 2.24) is 30.7 Å². The monoisotopic (exact) mass is 764 g/mol. The molecule has 0 spiro atoms. The predicted molar refractivity (Wildman–Crippen MR) is 209 cm³/mol. The maximum atomic E-state index is 12.9. The van der Waals surface area contributed by atoms with Crippen molar-refractivity contribution in [2.75, 3.05) is 39.3 Å². The van der Waals surface area contributed by atoms with Crippen molar-refractivity contribution in [2.24, 2.45) is 5.92 Å². The number of carbonyl (C=O) groups excluding carboxylic acids is 2. The molecule has 0 saturated carbocycles. The summed E-state index contributed by atoms with van der Waals surface area (Å²) < 4.78 is 17.4. The first-order valence-corrected chi connectivity index (χ1v) is 19.1. The third-order valence-corrected chi connectivity index (χ3v) is 10.8. The second kappa shape index (κ2) is 17.8. The number of aliphatic hydroxyl groups excluding tert-OH is 1. The number of aromatic hydroxyl groups is 1. The van der Waals surface area contributed by atoms with Crippen molar-refractivity contribution in [3.63, 3.8) is 0 Å². The lowest BCUT2D eigenvalue weighted by Crippen LogP contribution is -2.56. The SMILES string of the molecule is Cc1c(C(=O)OCCCCNC[C@H](O)c2ccc(O)c3[nH]c(=O)ccc23)n[nH]c1COc1cccc(CNC(=O)O[C@H]2CN3CCC2C(c2ccccc2)C3)c1. The fraction of sp³-hybridized carbons (Fsp3) is 0.381. The van der Waals surface area contributed by atoms with Gasteiger partial charge in [-0.05, 0) is 80.2 Å². The fourth-order valence-electron chi connectivity index (χ4n) is 7.73. The third-order valence-electron chi connectivity index (χ3n) is 10.8. The number of aliphatic hydroxyl groups is 1.